The number of benzene rings is 11. The fourth-order valence-corrected chi connectivity index (χ4v) is 9.72. The maximum absolute atomic E-state index is 2.49. The van der Waals surface area contributed by atoms with Gasteiger partial charge in [-0.05, 0) is 134 Å². The average molecular weight is 829 g/mol. The van der Waals surface area contributed by atoms with Crippen LogP contribution in [0, 0.1) is 0 Å². The minimum absolute atomic E-state index is 0.427. The second-order valence-corrected chi connectivity index (χ2v) is 17.4. The standard InChI is InChI=1S/C65H48/c1-44(2)54-23-16-24-55(41-54)64-56-25-12-14-27-58(56)65(59-28-15-13-26-57(59)64)63-43-61(52-37-31-49(32-38-52)46-19-8-4-9-20-46)60(51-35-29-48(30-36-51)45-17-6-3-7-18-45)42-62(63)53-39-33-50(34-40-53)47-21-10-5-11-22-47/h3-44H,1-2H3. The molecule has 308 valence electrons. The second kappa shape index (κ2) is 17.2. The fourth-order valence-electron chi connectivity index (χ4n) is 9.72. The summed E-state index contributed by atoms with van der Waals surface area (Å²) in [5.74, 6) is 0.427. The van der Waals surface area contributed by atoms with Crippen molar-refractivity contribution in [2.24, 2.45) is 0 Å². The van der Waals surface area contributed by atoms with Gasteiger partial charge in [0.05, 0.1) is 0 Å². The molecule has 0 saturated carbocycles. The molecule has 0 heterocycles. The quantitative estimate of drug-likeness (QED) is 0.127. The Hall–Kier alpha value is -8.06. The molecule has 0 spiro atoms. The Morgan fingerprint density at radius 1 is 0.215 bits per heavy atom. The molecule has 0 aliphatic rings. The molecule has 65 heavy (non-hydrogen) atoms. The van der Waals surface area contributed by atoms with Crippen molar-refractivity contribution in [1.82, 2.24) is 0 Å². The maximum Gasteiger partial charge on any atom is -0.00199 e. The molecule has 0 amide bonds. The lowest BCUT2D eigenvalue weighted by atomic mass is 9.80. The van der Waals surface area contributed by atoms with Crippen LogP contribution in [0.3, 0.4) is 0 Å². The number of hydrogen-bond acceptors (Lipinski definition) is 0. The molecule has 11 aromatic carbocycles. The van der Waals surface area contributed by atoms with Crippen molar-refractivity contribution in [3.8, 4) is 89.0 Å². The van der Waals surface area contributed by atoms with Crippen LogP contribution in [-0.4, -0.2) is 0 Å². The van der Waals surface area contributed by atoms with E-state index in [4.69, 9.17) is 0 Å². The Bertz CT molecular complexity index is 3380. The van der Waals surface area contributed by atoms with E-state index in [1.165, 1.54) is 116 Å². The summed E-state index contributed by atoms with van der Waals surface area (Å²) in [4.78, 5) is 0. The molecule has 0 saturated heterocycles. The summed E-state index contributed by atoms with van der Waals surface area (Å²) in [7, 11) is 0. The Morgan fingerprint density at radius 2 is 0.508 bits per heavy atom. The molecule has 0 aliphatic heterocycles. The molecule has 0 aliphatic carbocycles. The van der Waals surface area contributed by atoms with Crippen LogP contribution < -0.4 is 0 Å². The van der Waals surface area contributed by atoms with Crippen molar-refractivity contribution in [3.63, 3.8) is 0 Å². The molecule has 0 atom stereocenters. The van der Waals surface area contributed by atoms with Crippen molar-refractivity contribution < 1.29 is 0 Å². The Balaban J connectivity index is 1.21. The molecule has 0 fully saturated rings. The molecular weight excluding hydrogens is 781 g/mol. The van der Waals surface area contributed by atoms with E-state index in [9.17, 15) is 0 Å². The van der Waals surface area contributed by atoms with Gasteiger partial charge in [0.15, 0.2) is 0 Å². The second-order valence-electron chi connectivity index (χ2n) is 17.4. The van der Waals surface area contributed by atoms with Crippen LogP contribution in [0.1, 0.15) is 25.3 Å². The molecule has 0 aromatic heterocycles. The van der Waals surface area contributed by atoms with Gasteiger partial charge >= 0.3 is 0 Å². The normalized spacial score (nSPS) is 11.4. The van der Waals surface area contributed by atoms with Crippen LogP contribution in [0.4, 0.5) is 0 Å². The highest BCUT2D eigenvalue weighted by Gasteiger charge is 2.22. The highest BCUT2D eigenvalue weighted by molar-refractivity contribution is 6.23. The molecule has 0 bridgehead atoms. The predicted molar refractivity (Wildman–Crippen MR) is 279 cm³/mol. The molecule has 0 radical (unpaired) electrons. The zero-order valence-electron chi connectivity index (χ0n) is 36.7. The van der Waals surface area contributed by atoms with E-state index >= 15 is 0 Å². The van der Waals surface area contributed by atoms with Crippen LogP contribution in [0.15, 0.2) is 249 Å². The van der Waals surface area contributed by atoms with Gasteiger partial charge in [0.2, 0.25) is 0 Å². The number of hydrogen-bond donors (Lipinski definition) is 0. The van der Waals surface area contributed by atoms with Crippen molar-refractivity contribution in [3.05, 3.63) is 254 Å². The summed E-state index contributed by atoms with van der Waals surface area (Å²) in [6.45, 7) is 4.56. The summed E-state index contributed by atoms with van der Waals surface area (Å²) >= 11 is 0. The lowest BCUT2D eigenvalue weighted by molar-refractivity contribution is 0.867. The first-order valence-corrected chi connectivity index (χ1v) is 22.8. The monoisotopic (exact) mass is 828 g/mol. The first-order valence-electron chi connectivity index (χ1n) is 22.8. The van der Waals surface area contributed by atoms with Crippen molar-refractivity contribution >= 4 is 21.5 Å². The van der Waals surface area contributed by atoms with Crippen LogP contribution >= 0.6 is 0 Å². The Kier molecular flexibility index (Phi) is 10.6. The third kappa shape index (κ3) is 7.64. The zero-order chi connectivity index (χ0) is 43.7. The van der Waals surface area contributed by atoms with E-state index in [0.717, 1.165) is 0 Å². The smallest absolute Gasteiger partial charge is 0.00199 e. The van der Waals surface area contributed by atoms with Gasteiger partial charge in [-0.15, -0.1) is 0 Å². The SMILES string of the molecule is CC(C)c1cccc(-c2c3ccccc3c(-c3cc(-c4ccc(-c5ccccc5)cc4)c(-c4ccc(-c5ccccc5)cc4)cc3-c3ccc(-c4ccccc4)cc3)c3ccccc23)c1. The van der Waals surface area contributed by atoms with Gasteiger partial charge < -0.3 is 0 Å². The van der Waals surface area contributed by atoms with E-state index in [1.807, 2.05) is 0 Å². The van der Waals surface area contributed by atoms with Gasteiger partial charge in [-0.2, -0.15) is 0 Å². The summed E-state index contributed by atoms with van der Waals surface area (Å²) in [6.07, 6.45) is 0. The molecule has 0 unspecified atom stereocenters. The van der Waals surface area contributed by atoms with Crippen LogP contribution in [0.2, 0.25) is 0 Å². The Morgan fingerprint density at radius 3 is 0.892 bits per heavy atom. The lowest BCUT2D eigenvalue weighted by Crippen LogP contribution is -1.96. The number of fused-ring (bicyclic) bond motifs is 2. The molecule has 0 N–H and O–H groups in total. The van der Waals surface area contributed by atoms with Crippen molar-refractivity contribution in [1.29, 1.82) is 0 Å². The maximum atomic E-state index is 2.49. The first kappa shape index (κ1) is 39.8. The largest absolute Gasteiger partial charge is 0.0622 e. The number of rotatable bonds is 9. The highest BCUT2D eigenvalue weighted by Crippen LogP contribution is 2.49. The summed E-state index contributed by atoms with van der Waals surface area (Å²) in [6, 6.07) is 91.7. The van der Waals surface area contributed by atoms with Gasteiger partial charge in [0.25, 0.3) is 0 Å². The summed E-state index contributed by atoms with van der Waals surface area (Å²) in [5.41, 5.74) is 20.7. The fraction of sp³-hybridized carbons (Fsp3) is 0.0462. The van der Waals surface area contributed by atoms with E-state index in [0.29, 0.717) is 5.92 Å². The minimum Gasteiger partial charge on any atom is -0.0622 e. The van der Waals surface area contributed by atoms with Gasteiger partial charge in [-0.1, -0.05) is 250 Å². The van der Waals surface area contributed by atoms with Crippen molar-refractivity contribution in [2.75, 3.05) is 0 Å². The van der Waals surface area contributed by atoms with Gasteiger partial charge in [0, 0.05) is 0 Å². The van der Waals surface area contributed by atoms with Crippen LogP contribution in [0.5, 0.6) is 0 Å². The van der Waals surface area contributed by atoms with E-state index in [-0.39, 0.29) is 0 Å². The third-order valence-electron chi connectivity index (χ3n) is 13.1. The van der Waals surface area contributed by atoms with Crippen molar-refractivity contribution in [2.45, 2.75) is 19.8 Å². The summed E-state index contributed by atoms with van der Waals surface area (Å²) in [5, 5.41) is 4.98. The van der Waals surface area contributed by atoms with Gasteiger partial charge in [-0.25, -0.2) is 0 Å². The highest BCUT2D eigenvalue weighted by atomic mass is 14.3. The minimum atomic E-state index is 0.427. The Labute approximate surface area is 382 Å². The third-order valence-corrected chi connectivity index (χ3v) is 13.1. The van der Waals surface area contributed by atoms with E-state index in [2.05, 4.69) is 263 Å². The topological polar surface area (TPSA) is 0 Å². The summed E-state index contributed by atoms with van der Waals surface area (Å²) < 4.78 is 0. The van der Waals surface area contributed by atoms with Gasteiger partial charge in [0.1, 0.15) is 0 Å². The molecule has 0 heteroatoms. The molecular formula is C65H48. The van der Waals surface area contributed by atoms with E-state index in [1.54, 1.807) is 0 Å². The molecule has 11 rings (SSSR count). The lowest BCUT2D eigenvalue weighted by Gasteiger charge is -2.23. The first-order chi connectivity index (χ1) is 32.1. The molecule has 0 nitrogen and oxygen atoms in total. The van der Waals surface area contributed by atoms with Gasteiger partial charge in [-0.3, -0.25) is 0 Å². The van der Waals surface area contributed by atoms with Crippen LogP contribution in [-0.2, 0) is 0 Å². The van der Waals surface area contributed by atoms with Crippen LogP contribution in [0.25, 0.3) is 111 Å². The van der Waals surface area contributed by atoms with E-state index < -0.39 is 0 Å². The average Bonchev–Trinajstić information content (AvgIpc) is 3.38. The predicted octanol–water partition coefficient (Wildman–Crippen LogP) is 18.5. The molecule has 11 aromatic rings. The zero-order valence-corrected chi connectivity index (χ0v) is 36.7.